The Labute approximate surface area is 105 Å². The Morgan fingerprint density at radius 3 is 2.61 bits per heavy atom. The maximum Gasteiger partial charge on any atom is 0.243 e. The quantitative estimate of drug-likeness (QED) is 0.877. The first kappa shape index (κ1) is 13.0. The molecule has 2 unspecified atom stereocenters. The summed E-state index contributed by atoms with van der Waals surface area (Å²) in [5.74, 6) is -1.35. The second-order valence-electron chi connectivity index (χ2n) is 4.81. The predicted octanol–water partition coefficient (Wildman–Crippen LogP) is 2.19. The minimum Gasteiger partial charge on any atom is -0.324 e. The molecule has 5 heteroatoms. The SMILES string of the molecule is CCC1(C)NC(c2ccc(F)cc2F)N(C)C1=O. The Hall–Kier alpha value is -1.49. The molecule has 0 saturated carbocycles. The molecule has 1 heterocycles. The van der Waals surface area contributed by atoms with E-state index in [-0.39, 0.29) is 11.5 Å². The van der Waals surface area contributed by atoms with Crippen LogP contribution < -0.4 is 5.32 Å². The molecular weight excluding hydrogens is 238 g/mol. The van der Waals surface area contributed by atoms with Crippen molar-refractivity contribution in [3.8, 4) is 0 Å². The van der Waals surface area contributed by atoms with E-state index in [1.807, 2.05) is 6.92 Å². The zero-order valence-corrected chi connectivity index (χ0v) is 10.6. The smallest absolute Gasteiger partial charge is 0.243 e. The van der Waals surface area contributed by atoms with E-state index in [0.717, 1.165) is 6.07 Å². The number of carbonyl (C=O) groups is 1. The maximum absolute atomic E-state index is 13.7. The Kier molecular flexibility index (Phi) is 3.11. The van der Waals surface area contributed by atoms with Gasteiger partial charge in [-0.05, 0) is 25.5 Å². The van der Waals surface area contributed by atoms with Gasteiger partial charge in [0.25, 0.3) is 0 Å². The highest BCUT2D eigenvalue weighted by molar-refractivity contribution is 5.88. The van der Waals surface area contributed by atoms with E-state index >= 15 is 0 Å². The van der Waals surface area contributed by atoms with Crippen LogP contribution in [0.5, 0.6) is 0 Å². The average molecular weight is 254 g/mol. The molecular formula is C13H16F2N2O. The van der Waals surface area contributed by atoms with Crippen molar-refractivity contribution in [3.63, 3.8) is 0 Å². The predicted molar refractivity (Wildman–Crippen MR) is 63.7 cm³/mol. The lowest BCUT2D eigenvalue weighted by Crippen LogP contribution is -2.42. The fraction of sp³-hybridized carbons (Fsp3) is 0.462. The molecule has 0 aromatic heterocycles. The largest absolute Gasteiger partial charge is 0.324 e. The Bertz CT molecular complexity index is 492. The molecule has 1 aliphatic heterocycles. The third-order valence-electron chi connectivity index (χ3n) is 3.60. The lowest BCUT2D eigenvalue weighted by Gasteiger charge is -2.21. The molecule has 1 saturated heterocycles. The van der Waals surface area contributed by atoms with Gasteiger partial charge >= 0.3 is 0 Å². The van der Waals surface area contributed by atoms with Crippen molar-refractivity contribution < 1.29 is 13.6 Å². The average Bonchev–Trinajstić information content (AvgIpc) is 2.55. The van der Waals surface area contributed by atoms with E-state index in [4.69, 9.17) is 0 Å². The number of likely N-dealkylation sites (N-methyl/N-ethyl adjacent to an activating group) is 1. The molecule has 2 atom stereocenters. The minimum absolute atomic E-state index is 0.0845. The van der Waals surface area contributed by atoms with Crippen LogP contribution in [0, 0.1) is 11.6 Å². The molecule has 0 spiro atoms. The summed E-state index contributed by atoms with van der Waals surface area (Å²) in [4.78, 5) is 13.5. The molecule has 1 aliphatic rings. The van der Waals surface area contributed by atoms with Crippen molar-refractivity contribution in [2.75, 3.05) is 7.05 Å². The summed E-state index contributed by atoms with van der Waals surface area (Å²) in [6, 6.07) is 3.39. The summed E-state index contributed by atoms with van der Waals surface area (Å²) in [5.41, 5.74) is -0.412. The van der Waals surface area contributed by atoms with Gasteiger partial charge in [0.05, 0.1) is 5.54 Å². The van der Waals surface area contributed by atoms with Crippen molar-refractivity contribution >= 4 is 5.91 Å². The second-order valence-corrected chi connectivity index (χ2v) is 4.81. The van der Waals surface area contributed by atoms with Crippen LogP contribution in [0.3, 0.4) is 0 Å². The van der Waals surface area contributed by atoms with E-state index < -0.39 is 23.3 Å². The van der Waals surface area contributed by atoms with Crippen LogP contribution in [0.2, 0.25) is 0 Å². The first-order valence-electron chi connectivity index (χ1n) is 5.89. The number of carbonyl (C=O) groups excluding carboxylic acids is 1. The topological polar surface area (TPSA) is 32.3 Å². The fourth-order valence-electron chi connectivity index (χ4n) is 2.23. The number of hydrogen-bond donors (Lipinski definition) is 1. The van der Waals surface area contributed by atoms with Gasteiger partial charge in [-0.15, -0.1) is 0 Å². The summed E-state index contributed by atoms with van der Waals surface area (Å²) in [7, 11) is 1.61. The number of amides is 1. The number of nitrogens with one attached hydrogen (secondary N) is 1. The van der Waals surface area contributed by atoms with Gasteiger partial charge in [-0.3, -0.25) is 10.1 Å². The lowest BCUT2D eigenvalue weighted by molar-refractivity contribution is -0.131. The van der Waals surface area contributed by atoms with E-state index in [1.165, 1.54) is 17.0 Å². The standard InChI is InChI=1S/C13H16F2N2O/c1-4-13(2)12(18)17(3)11(16-13)9-6-5-8(14)7-10(9)15/h5-7,11,16H,4H2,1-3H3. The summed E-state index contributed by atoms with van der Waals surface area (Å²) in [5, 5.41) is 3.11. The summed E-state index contributed by atoms with van der Waals surface area (Å²) in [6.07, 6.45) is 0.0539. The number of rotatable bonds is 2. The third kappa shape index (κ3) is 1.88. The highest BCUT2D eigenvalue weighted by Gasteiger charge is 2.46. The Morgan fingerprint density at radius 2 is 2.11 bits per heavy atom. The van der Waals surface area contributed by atoms with Gasteiger partial charge in [-0.25, -0.2) is 8.78 Å². The van der Waals surface area contributed by atoms with Gasteiger partial charge in [0.1, 0.15) is 17.8 Å². The fourth-order valence-corrected chi connectivity index (χ4v) is 2.23. The number of nitrogens with zero attached hydrogens (tertiary/aromatic N) is 1. The van der Waals surface area contributed by atoms with E-state index in [9.17, 15) is 13.6 Å². The van der Waals surface area contributed by atoms with Crippen molar-refractivity contribution in [1.82, 2.24) is 10.2 Å². The van der Waals surface area contributed by atoms with E-state index in [2.05, 4.69) is 5.32 Å². The molecule has 18 heavy (non-hydrogen) atoms. The van der Waals surface area contributed by atoms with Crippen LogP contribution in [-0.4, -0.2) is 23.4 Å². The molecule has 1 fully saturated rings. The molecule has 0 radical (unpaired) electrons. The number of benzene rings is 1. The molecule has 1 N–H and O–H groups in total. The highest BCUT2D eigenvalue weighted by atomic mass is 19.1. The molecule has 1 amide bonds. The van der Waals surface area contributed by atoms with Gasteiger partial charge in [-0.2, -0.15) is 0 Å². The summed E-state index contributed by atoms with van der Waals surface area (Å²) in [6.45, 7) is 3.68. The highest BCUT2D eigenvalue weighted by Crippen LogP contribution is 2.32. The molecule has 1 aromatic carbocycles. The molecule has 2 rings (SSSR count). The zero-order valence-electron chi connectivity index (χ0n) is 10.6. The maximum atomic E-state index is 13.7. The molecule has 3 nitrogen and oxygen atoms in total. The lowest BCUT2D eigenvalue weighted by atomic mass is 9.99. The van der Waals surface area contributed by atoms with Crippen LogP contribution in [0.1, 0.15) is 32.0 Å². The van der Waals surface area contributed by atoms with Crippen LogP contribution in [0.25, 0.3) is 0 Å². The van der Waals surface area contributed by atoms with Crippen LogP contribution in [0.15, 0.2) is 18.2 Å². The Balaban J connectivity index is 2.38. The molecule has 0 bridgehead atoms. The van der Waals surface area contributed by atoms with E-state index in [0.29, 0.717) is 6.42 Å². The van der Waals surface area contributed by atoms with Crippen LogP contribution in [-0.2, 0) is 4.79 Å². The first-order valence-corrected chi connectivity index (χ1v) is 5.89. The first-order chi connectivity index (χ1) is 8.39. The van der Waals surface area contributed by atoms with Crippen LogP contribution >= 0.6 is 0 Å². The minimum atomic E-state index is -0.694. The number of hydrogen-bond acceptors (Lipinski definition) is 2. The third-order valence-corrected chi connectivity index (χ3v) is 3.60. The second kappa shape index (κ2) is 4.31. The van der Waals surface area contributed by atoms with Crippen molar-refractivity contribution in [3.05, 3.63) is 35.4 Å². The van der Waals surface area contributed by atoms with Crippen LogP contribution in [0.4, 0.5) is 8.78 Å². The van der Waals surface area contributed by atoms with Crippen molar-refractivity contribution in [2.45, 2.75) is 32.0 Å². The van der Waals surface area contributed by atoms with Gasteiger partial charge in [0.2, 0.25) is 5.91 Å². The molecule has 98 valence electrons. The number of halogens is 2. The molecule has 1 aromatic rings. The van der Waals surface area contributed by atoms with Crippen molar-refractivity contribution in [1.29, 1.82) is 0 Å². The summed E-state index contributed by atoms with van der Waals surface area (Å²) < 4.78 is 26.6. The normalized spacial score (nSPS) is 27.9. The monoisotopic (exact) mass is 254 g/mol. The van der Waals surface area contributed by atoms with E-state index in [1.54, 1.807) is 14.0 Å². The van der Waals surface area contributed by atoms with Gasteiger partial charge < -0.3 is 4.90 Å². The summed E-state index contributed by atoms with van der Waals surface area (Å²) >= 11 is 0. The Morgan fingerprint density at radius 1 is 1.44 bits per heavy atom. The molecule has 0 aliphatic carbocycles. The van der Waals surface area contributed by atoms with Gasteiger partial charge in [0, 0.05) is 18.7 Å². The van der Waals surface area contributed by atoms with Gasteiger partial charge in [0.15, 0.2) is 0 Å². The van der Waals surface area contributed by atoms with Gasteiger partial charge in [-0.1, -0.05) is 6.92 Å². The van der Waals surface area contributed by atoms with Crippen molar-refractivity contribution in [2.24, 2.45) is 0 Å². The zero-order chi connectivity index (χ0) is 13.5.